The Morgan fingerprint density at radius 3 is 2.43 bits per heavy atom. The van der Waals surface area contributed by atoms with Gasteiger partial charge < -0.3 is 4.74 Å². The summed E-state index contributed by atoms with van der Waals surface area (Å²) in [5.41, 5.74) is 0.979. The fourth-order valence-electron chi connectivity index (χ4n) is 2.30. The summed E-state index contributed by atoms with van der Waals surface area (Å²) in [6, 6.07) is 4.31. The van der Waals surface area contributed by atoms with Crippen LogP contribution in [-0.2, 0) is 10.0 Å². The van der Waals surface area contributed by atoms with Crippen molar-refractivity contribution in [2.75, 3.05) is 11.8 Å². The lowest BCUT2D eigenvalue weighted by Gasteiger charge is -2.11. The first kappa shape index (κ1) is 21.5. The standard InChI is InChI=1S/C18H12ClF3N4O3S/c1-29-17-11(3-2-10-8-23-18(22)24-9-10)4-7-14(25-17)26-30(27,28)13-6-5-12(20)16(21)15(13)19/h2-9H,1H3,(H,25,26)/b3-2+. The first-order valence-corrected chi connectivity index (χ1v) is 9.94. The van der Waals surface area contributed by atoms with Gasteiger partial charge in [0, 0.05) is 23.5 Å². The van der Waals surface area contributed by atoms with Gasteiger partial charge in [-0.2, -0.15) is 9.37 Å². The third kappa shape index (κ3) is 4.69. The highest BCUT2D eigenvalue weighted by Gasteiger charge is 2.23. The van der Waals surface area contributed by atoms with Crippen LogP contribution in [0.25, 0.3) is 12.2 Å². The van der Waals surface area contributed by atoms with Crippen molar-refractivity contribution in [2.45, 2.75) is 4.90 Å². The van der Waals surface area contributed by atoms with Crippen molar-refractivity contribution in [1.29, 1.82) is 0 Å². The lowest BCUT2D eigenvalue weighted by atomic mass is 10.2. The maximum absolute atomic E-state index is 13.6. The number of sulfonamides is 1. The number of aromatic nitrogens is 3. The van der Waals surface area contributed by atoms with Crippen LogP contribution in [0, 0.1) is 17.7 Å². The van der Waals surface area contributed by atoms with E-state index in [2.05, 4.69) is 19.7 Å². The number of rotatable bonds is 6. The van der Waals surface area contributed by atoms with E-state index in [0.29, 0.717) is 17.2 Å². The van der Waals surface area contributed by atoms with Gasteiger partial charge in [0.1, 0.15) is 10.7 Å². The monoisotopic (exact) mass is 456 g/mol. The Morgan fingerprint density at radius 1 is 1.07 bits per heavy atom. The summed E-state index contributed by atoms with van der Waals surface area (Å²) in [4.78, 5) is 10.2. The van der Waals surface area contributed by atoms with Crippen molar-refractivity contribution in [2.24, 2.45) is 0 Å². The van der Waals surface area contributed by atoms with E-state index in [1.807, 2.05) is 0 Å². The van der Waals surface area contributed by atoms with Crippen LogP contribution in [0.4, 0.5) is 19.0 Å². The third-order valence-corrected chi connectivity index (χ3v) is 5.59. The second kappa shape index (κ2) is 8.67. The summed E-state index contributed by atoms with van der Waals surface area (Å²) in [6.07, 6.45) is 4.83. The number of hydrogen-bond donors (Lipinski definition) is 1. The number of benzene rings is 1. The molecule has 0 saturated carbocycles. The Bertz CT molecular complexity index is 1220. The van der Waals surface area contributed by atoms with Gasteiger partial charge in [-0.15, -0.1) is 0 Å². The minimum Gasteiger partial charge on any atom is -0.481 e. The molecule has 0 amide bonds. The molecule has 30 heavy (non-hydrogen) atoms. The number of nitrogens with one attached hydrogen (secondary N) is 1. The molecule has 2 heterocycles. The van der Waals surface area contributed by atoms with E-state index in [-0.39, 0.29) is 11.7 Å². The van der Waals surface area contributed by atoms with Crippen molar-refractivity contribution in [1.82, 2.24) is 15.0 Å². The molecule has 12 heteroatoms. The molecule has 7 nitrogen and oxygen atoms in total. The Hall–Kier alpha value is -3.18. The highest BCUT2D eigenvalue weighted by Crippen LogP contribution is 2.28. The van der Waals surface area contributed by atoms with Crippen LogP contribution in [0.1, 0.15) is 11.1 Å². The lowest BCUT2D eigenvalue weighted by Crippen LogP contribution is -2.15. The summed E-state index contributed by atoms with van der Waals surface area (Å²) in [5.74, 6) is -2.84. The highest BCUT2D eigenvalue weighted by molar-refractivity contribution is 7.92. The van der Waals surface area contributed by atoms with Crippen molar-refractivity contribution >= 4 is 39.6 Å². The zero-order valence-electron chi connectivity index (χ0n) is 15.1. The summed E-state index contributed by atoms with van der Waals surface area (Å²) < 4.78 is 71.8. The third-order valence-electron chi connectivity index (χ3n) is 3.71. The van der Waals surface area contributed by atoms with Gasteiger partial charge in [-0.1, -0.05) is 17.7 Å². The van der Waals surface area contributed by atoms with Gasteiger partial charge in [0.05, 0.1) is 12.1 Å². The minimum atomic E-state index is -4.36. The van der Waals surface area contributed by atoms with Gasteiger partial charge in [0.25, 0.3) is 10.0 Å². The minimum absolute atomic E-state index is 0.0610. The first-order valence-electron chi connectivity index (χ1n) is 8.08. The van der Waals surface area contributed by atoms with Gasteiger partial charge in [0.15, 0.2) is 11.6 Å². The number of halogens is 4. The van der Waals surface area contributed by atoms with Gasteiger partial charge >= 0.3 is 6.08 Å². The van der Waals surface area contributed by atoms with Crippen LogP contribution in [0.3, 0.4) is 0 Å². The number of methoxy groups -OCH3 is 1. The molecule has 0 aliphatic carbocycles. The van der Waals surface area contributed by atoms with E-state index in [4.69, 9.17) is 16.3 Å². The van der Waals surface area contributed by atoms with Crippen molar-refractivity contribution in [3.8, 4) is 5.88 Å². The van der Waals surface area contributed by atoms with E-state index >= 15 is 0 Å². The SMILES string of the molecule is COc1nc(NS(=O)(=O)c2ccc(F)c(F)c2Cl)ccc1/C=C/c1cnc(F)nc1. The van der Waals surface area contributed by atoms with E-state index in [9.17, 15) is 21.6 Å². The Morgan fingerprint density at radius 2 is 1.77 bits per heavy atom. The highest BCUT2D eigenvalue weighted by atomic mass is 35.5. The molecule has 3 rings (SSSR count). The molecule has 3 aromatic rings. The zero-order valence-corrected chi connectivity index (χ0v) is 16.7. The van der Waals surface area contributed by atoms with Gasteiger partial charge in [0.2, 0.25) is 5.88 Å². The molecule has 0 bridgehead atoms. The summed E-state index contributed by atoms with van der Waals surface area (Å²) in [6.45, 7) is 0. The Labute approximate surface area is 174 Å². The van der Waals surface area contributed by atoms with E-state index in [0.717, 1.165) is 6.07 Å². The zero-order chi connectivity index (χ0) is 21.9. The number of hydrogen-bond acceptors (Lipinski definition) is 6. The topological polar surface area (TPSA) is 94.1 Å². The normalized spacial score (nSPS) is 11.6. The van der Waals surface area contributed by atoms with Crippen LogP contribution >= 0.6 is 11.6 Å². The fourth-order valence-corrected chi connectivity index (χ4v) is 3.83. The quantitative estimate of drug-likeness (QED) is 0.446. The molecule has 0 aliphatic heterocycles. The van der Waals surface area contributed by atoms with Crippen LogP contribution in [0.5, 0.6) is 5.88 Å². The van der Waals surface area contributed by atoms with Crippen LogP contribution in [0.2, 0.25) is 5.02 Å². The average molecular weight is 457 g/mol. The van der Waals surface area contributed by atoms with Gasteiger partial charge in [-0.25, -0.2) is 27.2 Å². The largest absolute Gasteiger partial charge is 0.481 e. The van der Waals surface area contributed by atoms with Crippen LogP contribution in [-0.4, -0.2) is 30.5 Å². The molecule has 0 radical (unpaired) electrons. The molecule has 2 aromatic heterocycles. The predicted molar refractivity (Wildman–Crippen MR) is 104 cm³/mol. The number of anilines is 1. The molecular weight excluding hydrogens is 445 g/mol. The van der Waals surface area contributed by atoms with Crippen molar-refractivity contribution < 1.29 is 26.3 Å². The van der Waals surface area contributed by atoms with E-state index in [1.54, 1.807) is 12.2 Å². The van der Waals surface area contributed by atoms with Gasteiger partial charge in [-0.05, 0) is 30.3 Å². The van der Waals surface area contributed by atoms with Crippen molar-refractivity contribution in [3.05, 3.63) is 70.5 Å². The molecule has 1 aromatic carbocycles. The number of pyridine rings is 1. The predicted octanol–water partition coefficient (Wildman–Crippen LogP) is 3.92. The summed E-state index contributed by atoms with van der Waals surface area (Å²) in [7, 11) is -3.03. The second-order valence-corrected chi connectivity index (χ2v) is 7.72. The smallest absolute Gasteiger partial charge is 0.308 e. The van der Waals surface area contributed by atoms with Crippen LogP contribution in [0.15, 0.2) is 41.6 Å². The Balaban J connectivity index is 1.87. The maximum Gasteiger partial charge on any atom is 0.308 e. The first-order chi connectivity index (χ1) is 14.2. The maximum atomic E-state index is 13.6. The lowest BCUT2D eigenvalue weighted by molar-refractivity contribution is 0.397. The van der Waals surface area contributed by atoms with E-state index < -0.39 is 37.7 Å². The summed E-state index contributed by atoms with van der Waals surface area (Å²) in [5, 5.41) is -0.879. The summed E-state index contributed by atoms with van der Waals surface area (Å²) >= 11 is 5.62. The molecule has 0 unspecified atom stereocenters. The molecule has 0 saturated heterocycles. The van der Waals surface area contributed by atoms with Gasteiger partial charge in [-0.3, -0.25) is 4.72 Å². The molecule has 156 valence electrons. The molecule has 0 atom stereocenters. The van der Waals surface area contributed by atoms with Crippen molar-refractivity contribution in [3.63, 3.8) is 0 Å². The number of nitrogens with zero attached hydrogens (tertiary/aromatic N) is 3. The molecule has 0 aliphatic rings. The van der Waals surface area contributed by atoms with E-state index in [1.165, 1.54) is 31.6 Å². The fraction of sp³-hybridized carbons (Fsp3) is 0.0556. The Kier molecular flexibility index (Phi) is 6.22. The average Bonchev–Trinajstić information content (AvgIpc) is 2.71. The number of ether oxygens (including phenoxy) is 1. The van der Waals surface area contributed by atoms with Crippen LogP contribution < -0.4 is 9.46 Å². The molecule has 1 N–H and O–H groups in total. The molecule has 0 spiro atoms. The molecule has 0 fully saturated rings. The molecular formula is C18H12ClF3N4O3S. The second-order valence-electron chi connectivity index (χ2n) is 5.69.